The van der Waals surface area contributed by atoms with Gasteiger partial charge in [0, 0.05) is 52.6 Å². The molecular formula is C26H29F5N4O3S. The van der Waals surface area contributed by atoms with Gasteiger partial charge in [-0.15, -0.1) is 0 Å². The van der Waals surface area contributed by atoms with E-state index < -0.39 is 34.3 Å². The van der Waals surface area contributed by atoms with Crippen LogP contribution in [0.25, 0.3) is 11.3 Å². The fourth-order valence-corrected chi connectivity index (χ4v) is 5.56. The Morgan fingerprint density at radius 3 is 2.23 bits per heavy atom. The molecule has 0 unspecified atom stereocenters. The van der Waals surface area contributed by atoms with E-state index in [1.54, 1.807) is 24.3 Å². The molecule has 5 rings (SSSR count). The molecule has 2 aliphatic carbocycles. The van der Waals surface area contributed by atoms with Crippen molar-refractivity contribution in [2.75, 3.05) is 29.5 Å². The molecule has 0 spiro atoms. The lowest BCUT2D eigenvalue weighted by Crippen LogP contribution is -2.40. The average Bonchev–Trinajstić information content (AvgIpc) is 3.51. The molecule has 1 aliphatic heterocycles. The summed E-state index contributed by atoms with van der Waals surface area (Å²) >= 11 is 0. The Bertz CT molecular complexity index is 1210. The number of nitrogens with one attached hydrogen (secondary N) is 1. The largest absolute Gasteiger partial charge is 0.463 e. The number of aromatic nitrogens is 1. The highest BCUT2D eigenvalue weighted by Crippen LogP contribution is 2.44. The maximum atomic E-state index is 13.2. The first-order valence-electron chi connectivity index (χ1n) is 12.8. The molecule has 3 aliphatic rings. The van der Waals surface area contributed by atoms with Gasteiger partial charge in [-0.25, -0.2) is 4.98 Å². The van der Waals surface area contributed by atoms with E-state index in [4.69, 9.17) is 5.26 Å². The predicted molar refractivity (Wildman–Crippen MR) is 134 cm³/mol. The van der Waals surface area contributed by atoms with Gasteiger partial charge < -0.3 is 14.6 Å². The molecule has 1 aromatic carbocycles. The summed E-state index contributed by atoms with van der Waals surface area (Å²) in [5.74, 6) is -5.40. The van der Waals surface area contributed by atoms with E-state index in [0.29, 0.717) is 30.2 Å². The van der Waals surface area contributed by atoms with Gasteiger partial charge in [-0.05, 0) is 37.8 Å². The number of nitriles is 1. The van der Waals surface area contributed by atoms with Crippen LogP contribution in [-0.2, 0) is 21.5 Å². The molecule has 1 N–H and O–H groups in total. The van der Waals surface area contributed by atoms with E-state index in [1.807, 2.05) is 4.90 Å². The van der Waals surface area contributed by atoms with Crippen LogP contribution in [0.15, 0.2) is 34.9 Å². The van der Waals surface area contributed by atoms with E-state index in [-0.39, 0.29) is 17.5 Å². The Balaban J connectivity index is 0.000000212. The lowest BCUT2D eigenvalue weighted by molar-refractivity contribution is -0.297. The van der Waals surface area contributed by atoms with E-state index >= 15 is 0 Å². The van der Waals surface area contributed by atoms with Crippen molar-refractivity contribution < 1.29 is 35.4 Å². The fourth-order valence-electron chi connectivity index (χ4n) is 4.50. The second-order valence-corrected chi connectivity index (χ2v) is 11.7. The van der Waals surface area contributed by atoms with Crippen LogP contribution < -0.4 is 10.2 Å². The summed E-state index contributed by atoms with van der Waals surface area (Å²) in [4.78, 5) is 17.1. The van der Waals surface area contributed by atoms with E-state index in [1.165, 1.54) is 6.42 Å². The third-order valence-corrected chi connectivity index (χ3v) is 8.41. The third-order valence-electron chi connectivity index (χ3n) is 7.14. The predicted octanol–water partition coefficient (Wildman–Crippen LogP) is 5.30. The summed E-state index contributed by atoms with van der Waals surface area (Å²) in [6, 6.07) is 8.73. The molecule has 1 saturated heterocycles. The molecule has 212 valence electrons. The number of carbonyl (C=O) groups is 1. The summed E-state index contributed by atoms with van der Waals surface area (Å²) in [6.07, 6.45) is 2.27. The second kappa shape index (κ2) is 11.6. The zero-order valence-corrected chi connectivity index (χ0v) is 21.9. The van der Waals surface area contributed by atoms with E-state index in [0.717, 1.165) is 50.5 Å². The number of halogens is 5. The van der Waals surface area contributed by atoms with Crippen LogP contribution in [0.3, 0.4) is 0 Å². The Labute approximate surface area is 225 Å². The molecule has 13 heteroatoms. The number of benzene rings is 1. The summed E-state index contributed by atoms with van der Waals surface area (Å²) in [7, 11) is -0.809. The van der Waals surface area contributed by atoms with Crippen molar-refractivity contribution >= 4 is 22.4 Å². The molecule has 0 bridgehead atoms. The molecule has 3 fully saturated rings. The lowest BCUT2D eigenvalue weighted by atomic mass is 9.88. The minimum atomic E-state index is -5.77. The van der Waals surface area contributed by atoms with Crippen LogP contribution in [0.1, 0.15) is 50.8 Å². The van der Waals surface area contributed by atoms with Crippen molar-refractivity contribution in [1.82, 2.24) is 10.3 Å². The summed E-state index contributed by atoms with van der Waals surface area (Å²) < 4.78 is 79.2. The molecule has 0 atom stereocenters. The first-order chi connectivity index (χ1) is 18.4. The first-order valence-corrected chi connectivity index (χ1v) is 14.3. The molecule has 39 heavy (non-hydrogen) atoms. The summed E-state index contributed by atoms with van der Waals surface area (Å²) in [6.45, 7) is 1.27. The number of hydrogen-bond acceptors (Lipinski definition) is 6. The minimum absolute atomic E-state index is 0.106. The minimum Gasteiger partial charge on any atom is -0.443 e. The van der Waals surface area contributed by atoms with Crippen LogP contribution in [0.4, 0.5) is 27.6 Å². The SMILES string of the molecule is N#CC1(NC(=O)C2CCCCC2)CC1.O=S1CCN(c2ccc(-c3coc(C(F)(F)C(F)(F)F)n3)cc2)CC1. The van der Waals surface area contributed by atoms with Crippen LogP contribution in [0.2, 0.25) is 0 Å². The van der Waals surface area contributed by atoms with Gasteiger partial charge in [-0.2, -0.15) is 27.2 Å². The normalized spacial score (nSPS) is 19.9. The maximum absolute atomic E-state index is 13.2. The lowest BCUT2D eigenvalue weighted by Gasteiger charge is -2.28. The monoisotopic (exact) mass is 572 g/mol. The van der Waals surface area contributed by atoms with Crippen molar-refractivity contribution in [3.05, 3.63) is 36.4 Å². The number of oxazole rings is 1. The average molecular weight is 573 g/mol. The zero-order chi connectivity index (χ0) is 28.3. The Morgan fingerprint density at radius 2 is 1.69 bits per heavy atom. The summed E-state index contributed by atoms with van der Waals surface area (Å²) in [5, 5.41) is 11.7. The molecule has 2 saturated carbocycles. The number of carbonyl (C=O) groups excluding carboxylic acids is 1. The van der Waals surface area contributed by atoms with Gasteiger partial charge in [0.1, 0.15) is 17.5 Å². The number of anilines is 1. The van der Waals surface area contributed by atoms with Gasteiger partial charge in [-0.3, -0.25) is 9.00 Å². The van der Waals surface area contributed by atoms with E-state index in [2.05, 4.69) is 20.8 Å². The molecule has 2 heterocycles. The fraction of sp³-hybridized carbons (Fsp3) is 0.577. The van der Waals surface area contributed by atoms with Crippen molar-refractivity contribution in [3.8, 4) is 17.3 Å². The molecule has 7 nitrogen and oxygen atoms in total. The van der Waals surface area contributed by atoms with Gasteiger partial charge in [0.15, 0.2) is 0 Å². The zero-order valence-electron chi connectivity index (χ0n) is 21.1. The van der Waals surface area contributed by atoms with Crippen LogP contribution in [-0.4, -0.2) is 51.4 Å². The highest BCUT2D eigenvalue weighted by atomic mass is 32.2. The van der Waals surface area contributed by atoms with Gasteiger partial charge in [0.2, 0.25) is 5.91 Å². The van der Waals surface area contributed by atoms with Gasteiger partial charge in [0.25, 0.3) is 5.89 Å². The van der Waals surface area contributed by atoms with Crippen LogP contribution in [0.5, 0.6) is 0 Å². The van der Waals surface area contributed by atoms with Gasteiger partial charge in [0.05, 0.1) is 6.07 Å². The van der Waals surface area contributed by atoms with Crippen LogP contribution in [0, 0.1) is 17.2 Å². The Morgan fingerprint density at radius 1 is 1.08 bits per heavy atom. The van der Waals surface area contributed by atoms with Crippen molar-refractivity contribution in [1.29, 1.82) is 5.26 Å². The summed E-state index contributed by atoms with van der Waals surface area (Å²) in [5.41, 5.74) is 0.626. The third kappa shape index (κ3) is 6.96. The van der Waals surface area contributed by atoms with Crippen molar-refractivity contribution in [2.45, 2.75) is 62.6 Å². The quantitative estimate of drug-likeness (QED) is 0.488. The van der Waals surface area contributed by atoms with E-state index in [9.17, 15) is 31.0 Å². The topological polar surface area (TPSA) is 99.2 Å². The number of alkyl halides is 5. The highest BCUT2D eigenvalue weighted by molar-refractivity contribution is 7.85. The maximum Gasteiger partial charge on any atom is 0.463 e. The molecule has 2 aromatic rings. The second-order valence-electron chi connectivity index (χ2n) is 10.0. The van der Waals surface area contributed by atoms with Gasteiger partial charge in [-0.1, -0.05) is 31.4 Å². The molecular weight excluding hydrogens is 543 g/mol. The molecule has 1 amide bonds. The standard InChI is InChI=1S/C15H13F5N2O2S.C11H16N2O/c16-14(17,15(18,19)20)13-21-12(9-24-13)10-1-3-11(4-2-10)22-5-7-25(23)8-6-22;12-8-11(6-7-11)13-10(14)9-4-2-1-3-5-9/h1-4,9H,5-8H2;9H,1-7H2,(H,13,14). The Kier molecular flexibility index (Phi) is 8.63. The first kappa shape index (κ1) is 29.0. The highest BCUT2D eigenvalue weighted by Gasteiger charge is 2.62. The smallest absolute Gasteiger partial charge is 0.443 e. The Hall–Kier alpha value is -3.01. The van der Waals surface area contributed by atoms with Crippen molar-refractivity contribution in [3.63, 3.8) is 0 Å². The molecule has 1 aromatic heterocycles. The van der Waals surface area contributed by atoms with Crippen molar-refractivity contribution in [2.24, 2.45) is 5.92 Å². The number of hydrogen-bond donors (Lipinski definition) is 1. The molecule has 0 radical (unpaired) electrons. The number of amides is 1. The van der Waals surface area contributed by atoms with Gasteiger partial charge >= 0.3 is 12.1 Å². The van der Waals surface area contributed by atoms with Crippen LogP contribution >= 0.6 is 0 Å². The number of rotatable bonds is 5. The number of nitrogens with zero attached hydrogens (tertiary/aromatic N) is 3.